The highest BCUT2D eigenvalue weighted by molar-refractivity contribution is 5.79. The minimum absolute atomic E-state index is 0.0443. The highest BCUT2D eigenvalue weighted by Crippen LogP contribution is 2.16. The molecule has 2 heterocycles. The van der Waals surface area contributed by atoms with Gasteiger partial charge in [0, 0.05) is 33.2 Å². The zero-order chi connectivity index (χ0) is 19.7. The molecule has 1 amide bonds. The second kappa shape index (κ2) is 7.42. The van der Waals surface area contributed by atoms with E-state index >= 15 is 0 Å². The number of rotatable bonds is 3. The summed E-state index contributed by atoms with van der Waals surface area (Å²) in [7, 11) is 1.74. The Bertz CT molecular complexity index is 1090. The highest BCUT2D eigenvalue weighted by atomic mass is 19.1. The SMILES string of the molecule is Cn1c(=O)c(N2CCN(C(=O)Cc3ccccc3F)CC2)nc2ccccc21. The molecule has 0 N–H and O–H groups in total. The lowest BCUT2D eigenvalue weighted by atomic mass is 10.1. The van der Waals surface area contributed by atoms with Crippen LogP contribution in [0.3, 0.4) is 0 Å². The molecule has 6 nitrogen and oxygen atoms in total. The molecule has 1 aliphatic rings. The third kappa shape index (κ3) is 3.35. The van der Waals surface area contributed by atoms with Crippen molar-refractivity contribution in [1.82, 2.24) is 14.5 Å². The summed E-state index contributed by atoms with van der Waals surface area (Å²) in [6, 6.07) is 13.9. The summed E-state index contributed by atoms with van der Waals surface area (Å²) >= 11 is 0. The molecule has 0 atom stereocenters. The number of anilines is 1. The molecule has 1 saturated heterocycles. The van der Waals surface area contributed by atoms with Crippen LogP contribution in [0.25, 0.3) is 11.0 Å². The van der Waals surface area contributed by atoms with Crippen LogP contribution in [0.15, 0.2) is 53.3 Å². The van der Waals surface area contributed by atoms with Gasteiger partial charge in [0.05, 0.1) is 17.5 Å². The maximum Gasteiger partial charge on any atom is 0.293 e. The first-order valence-corrected chi connectivity index (χ1v) is 9.26. The van der Waals surface area contributed by atoms with E-state index < -0.39 is 0 Å². The van der Waals surface area contributed by atoms with Crippen LogP contribution in [-0.4, -0.2) is 46.5 Å². The average Bonchev–Trinajstić information content (AvgIpc) is 2.72. The molecule has 1 aromatic heterocycles. The molecule has 1 aliphatic heterocycles. The number of carbonyl (C=O) groups is 1. The van der Waals surface area contributed by atoms with E-state index in [1.807, 2.05) is 29.2 Å². The third-order valence-corrected chi connectivity index (χ3v) is 5.20. The maximum absolute atomic E-state index is 13.8. The number of piperazine rings is 1. The van der Waals surface area contributed by atoms with Crippen molar-refractivity contribution < 1.29 is 9.18 Å². The van der Waals surface area contributed by atoms with Gasteiger partial charge in [0.15, 0.2) is 5.82 Å². The van der Waals surface area contributed by atoms with Crippen molar-refractivity contribution in [2.75, 3.05) is 31.1 Å². The molecular formula is C21H21FN4O2. The normalized spacial score (nSPS) is 14.5. The first-order valence-electron chi connectivity index (χ1n) is 9.26. The Morgan fingerprint density at radius 3 is 2.46 bits per heavy atom. The summed E-state index contributed by atoms with van der Waals surface area (Å²) in [5, 5.41) is 0. The van der Waals surface area contributed by atoms with Gasteiger partial charge in [0.1, 0.15) is 5.82 Å². The van der Waals surface area contributed by atoms with Crippen LogP contribution in [0.2, 0.25) is 0 Å². The second-order valence-electron chi connectivity index (χ2n) is 6.92. The van der Waals surface area contributed by atoms with Crippen molar-refractivity contribution in [3.8, 4) is 0 Å². The van der Waals surface area contributed by atoms with Crippen LogP contribution in [0.4, 0.5) is 10.2 Å². The van der Waals surface area contributed by atoms with E-state index in [-0.39, 0.29) is 23.7 Å². The summed E-state index contributed by atoms with van der Waals surface area (Å²) in [4.78, 5) is 33.4. The van der Waals surface area contributed by atoms with Crippen LogP contribution >= 0.6 is 0 Å². The van der Waals surface area contributed by atoms with Crippen molar-refractivity contribution in [1.29, 1.82) is 0 Å². The topological polar surface area (TPSA) is 58.4 Å². The average molecular weight is 380 g/mol. The Labute approximate surface area is 161 Å². The number of halogens is 1. The number of hydrogen-bond donors (Lipinski definition) is 0. The Kier molecular flexibility index (Phi) is 4.81. The van der Waals surface area contributed by atoms with Gasteiger partial charge in [0.2, 0.25) is 5.91 Å². The molecule has 1 fully saturated rings. The van der Waals surface area contributed by atoms with Gasteiger partial charge in [-0.15, -0.1) is 0 Å². The Morgan fingerprint density at radius 2 is 1.71 bits per heavy atom. The zero-order valence-electron chi connectivity index (χ0n) is 15.6. The maximum atomic E-state index is 13.8. The van der Waals surface area contributed by atoms with E-state index in [9.17, 15) is 14.0 Å². The lowest BCUT2D eigenvalue weighted by Gasteiger charge is -2.35. The van der Waals surface area contributed by atoms with Gasteiger partial charge in [-0.2, -0.15) is 0 Å². The largest absolute Gasteiger partial charge is 0.348 e. The molecule has 0 spiro atoms. The van der Waals surface area contributed by atoms with E-state index in [1.165, 1.54) is 6.07 Å². The fraction of sp³-hybridized carbons (Fsp3) is 0.286. The van der Waals surface area contributed by atoms with Gasteiger partial charge < -0.3 is 14.4 Å². The summed E-state index contributed by atoms with van der Waals surface area (Å²) in [6.45, 7) is 1.99. The lowest BCUT2D eigenvalue weighted by Crippen LogP contribution is -2.51. The molecule has 144 valence electrons. The van der Waals surface area contributed by atoms with Crippen LogP contribution in [0, 0.1) is 5.82 Å². The Balaban J connectivity index is 1.48. The number of amides is 1. The molecular weight excluding hydrogens is 359 g/mol. The quantitative estimate of drug-likeness (QED) is 0.697. The Morgan fingerprint density at radius 1 is 1.04 bits per heavy atom. The monoisotopic (exact) mass is 380 g/mol. The molecule has 3 aromatic rings. The van der Waals surface area contributed by atoms with Crippen molar-refractivity contribution in [3.63, 3.8) is 0 Å². The van der Waals surface area contributed by atoms with Gasteiger partial charge in [-0.1, -0.05) is 30.3 Å². The first-order chi connectivity index (χ1) is 13.5. The molecule has 7 heteroatoms. The lowest BCUT2D eigenvalue weighted by molar-refractivity contribution is -0.130. The van der Waals surface area contributed by atoms with E-state index in [0.29, 0.717) is 37.6 Å². The number of aryl methyl sites for hydroxylation is 1. The minimum Gasteiger partial charge on any atom is -0.348 e. The predicted octanol–water partition coefficient (Wildman–Crippen LogP) is 1.96. The smallest absolute Gasteiger partial charge is 0.293 e. The third-order valence-electron chi connectivity index (χ3n) is 5.20. The van der Waals surface area contributed by atoms with Crippen LogP contribution in [0.5, 0.6) is 0 Å². The van der Waals surface area contributed by atoms with Crippen molar-refractivity contribution in [2.45, 2.75) is 6.42 Å². The van der Waals surface area contributed by atoms with E-state index in [4.69, 9.17) is 0 Å². The van der Waals surface area contributed by atoms with E-state index in [0.717, 1.165) is 11.0 Å². The minimum atomic E-state index is -0.363. The molecule has 0 radical (unpaired) electrons. The second-order valence-corrected chi connectivity index (χ2v) is 6.92. The fourth-order valence-electron chi connectivity index (χ4n) is 3.55. The van der Waals surface area contributed by atoms with Crippen LogP contribution < -0.4 is 10.5 Å². The summed E-state index contributed by atoms with van der Waals surface area (Å²) < 4.78 is 15.4. The fourth-order valence-corrected chi connectivity index (χ4v) is 3.55. The Hall–Kier alpha value is -3.22. The first kappa shape index (κ1) is 18.2. The standard InChI is InChI=1S/C21H21FN4O2/c1-24-18-9-5-4-8-17(18)23-20(21(24)28)26-12-10-25(11-13-26)19(27)14-15-6-2-3-7-16(15)22/h2-9H,10-14H2,1H3. The van der Waals surface area contributed by atoms with Crippen LogP contribution in [0.1, 0.15) is 5.56 Å². The molecule has 0 saturated carbocycles. The predicted molar refractivity (Wildman–Crippen MR) is 106 cm³/mol. The number of para-hydroxylation sites is 2. The summed E-state index contributed by atoms with van der Waals surface area (Å²) in [5.74, 6) is -0.0649. The van der Waals surface area contributed by atoms with Crippen molar-refractivity contribution in [2.24, 2.45) is 7.05 Å². The van der Waals surface area contributed by atoms with Crippen molar-refractivity contribution >= 4 is 22.8 Å². The van der Waals surface area contributed by atoms with Gasteiger partial charge in [-0.05, 0) is 23.8 Å². The molecule has 4 rings (SSSR count). The van der Waals surface area contributed by atoms with Crippen molar-refractivity contribution in [3.05, 3.63) is 70.3 Å². The molecule has 28 heavy (non-hydrogen) atoms. The van der Waals surface area contributed by atoms with Gasteiger partial charge in [-0.3, -0.25) is 9.59 Å². The molecule has 0 bridgehead atoms. The van der Waals surface area contributed by atoms with Gasteiger partial charge in [0.25, 0.3) is 5.56 Å². The van der Waals surface area contributed by atoms with Crippen LogP contribution in [-0.2, 0) is 18.3 Å². The summed E-state index contributed by atoms with van der Waals surface area (Å²) in [5.41, 5.74) is 1.80. The number of benzene rings is 2. The molecule has 0 unspecified atom stereocenters. The zero-order valence-corrected chi connectivity index (χ0v) is 15.6. The molecule has 2 aromatic carbocycles. The number of aromatic nitrogens is 2. The highest BCUT2D eigenvalue weighted by Gasteiger charge is 2.24. The van der Waals surface area contributed by atoms with E-state index in [1.54, 1.807) is 34.7 Å². The molecule has 0 aliphatic carbocycles. The van der Waals surface area contributed by atoms with Gasteiger partial charge >= 0.3 is 0 Å². The number of hydrogen-bond acceptors (Lipinski definition) is 4. The summed E-state index contributed by atoms with van der Waals surface area (Å²) in [6.07, 6.45) is 0.0443. The number of nitrogens with zero attached hydrogens (tertiary/aromatic N) is 4. The number of fused-ring (bicyclic) bond motifs is 1. The van der Waals surface area contributed by atoms with E-state index in [2.05, 4.69) is 4.98 Å². The van der Waals surface area contributed by atoms with Gasteiger partial charge in [-0.25, -0.2) is 9.37 Å². The number of carbonyl (C=O) groups excluding carboxylic acids is 1.